The molecule has 3 rings (SSSR count). The minimum Gasteiger partial charge on any atom is -0.495 e. The van der Waals surface area contributed by atoms with Crippen LogP contribution in [0.1, 0.15) is 5.82 Å². The number of anilines is 2. The van der Waals surface area contributed by atoms with Crippen LogP contribution in [0.5, 0.6) is 5.75 Å². The van der Waals surface area contributed by atoms with Gasteiger partial charge >= 0.3 is 6.03 Å². The molecule has 0 saturated carbocycles. The van der Waals surface area contributed by atoms with Gasteiger partial charge in [0.25, 0.3) is 0 Å². The van der Waals surface area contributed by atoms with Gasteiger partial charge in [-0.15, -0.1) is 0 Å². The van der Waals surface area contributed by atoms with Crippen LogP contribution >= 0.6 is 0 Å². The van der Waals surface area contributed by atoms with Crippen molar-refractivity contribution < 1.29 is 9.53 Å². The number of rotatable bonds is 4. The highest BCUT2D eigenvalue weighted by molar-refractivity contribution is 6.00. The lowest BCUT2D eigenvalue weighted by molar-refractivity contribution is 0.262. The Morgan fingerprint density at radius 2 is 2.00 bits per heavy atom. The lowest BCUT2D eigenvalue weighted by atomic mass is 10.3. The Labute approximate surface area is 138 Å². The Morgan fingerprint density at radius 3 is 2.75 bits per heavy atom. The number of urea groups is 1. The summed E-state index contributed by atoms with van der Waals surface area (Å²) >= 11 is 0. The first-order chi connectivity index (χ1) is 11.7. The van der Waals surface area contributed by atoms with Crippen molar-refractivity contribution in [3.8, 4) is 11.6 Å². The van der Waals surface area contributed by atoms with E-state index in [1.165, 1.54) is 6.33 Å². The van der Waals surface area contributed by atoms with Crippen molar-refractivity contribution in [1.82, 2.24) is 19.5 Å². The summed E-state index contributed by atoms with van der Waals surface area (Å²) in [5.41, 5.74) is 0.567. The Bertz CT molecular complexity index is 861. The number of carbonyl (C=O) groups is 1. The molecule has 0 unspecified atom stereocenters. The normalized spacial score (nSPS) is 10.2. The summed E-state index contributed by atoms with van der Waals surface area (Å²) in [5, 5.41) is 5.39. The molecule has 24 heavy (non-hydrogen) atoms. The Hall–Kier alpha value is -3.42. The molecule has 0 spiro atoms. The number of benzene rings is 1. The van der Waals surface area contributed by atoms with Gasteiger partial charge in [0.2, 0.25) is 0 Å². The van der Waals surface area contributed by atoms with Crippen LogP contribution in [-0.4, -0.2) is 32.7 Å². The van der Waals surface area contributed by atoms with Crippen molar-refractivity contribution in [3.63, 3.8) is 0 Å². The van der Waals surface area contributed by atoms with Crippen LogP contribution < -0.4 is 15.4 Å². The van der Waals surface area contributed by atoms with E-state index in [1.807, 2.05) is 19.1 Å². The molecule has 0 aliphatic rings. The van der Waals surface area contributed by atoms with Gasteiger partial charge in [-0.25, -0.2) is 19.7 Å². The van der Waals surface area contributed by atoms with E-state index in [0.717, 1.165) is 5.82 Å². The first-order valence-corrected chi connectivity index (χ1v) is 7.21. The van der Waals surface area contributed by atoms with E-state index in [1.54, 1.807) is 42.3 Å². The molecule has 0 fully saturated rings. The fourth-order valence-electron chi connectivity index (χ4n) is 2.19. The molecule has 8 nitrogen and oxygen atoms in total. The maximum absolute atomic E-state index is 12.2. The van der Waals surface area contributed by atoms with Gasteiger partial charge in [-0.3, -0.25) is 9.88 Å². The van der Waals surface area contributed by atoms with E-state index in [0.29, 0.717) is 23.1 Å². The van der Waals surface area contributed by atoms with E-state index in [4.69, 9.17) is 4.74 Å². The molecule has 122 valence electrons. The molecule has 2 heterocycles. The Kier molecular flexibility index (Phi) is 4.37. The third kappa shape index (κ3) is 3.32. The topological polar surface area (TPSA) is 94.0 Å². The summed E-state index contributed by atoms with van der Waals surface area (Å²) in [7, 11) is 1.54. The molecule has 2 amide bonds. The summed E-state index contributed by atoms with van der Waals surface area (Å²) in [4.78, 5) is 24.5. The van der Waals surface area contributed by atoms with Crippen molar-refractivity contribution >= 4 is 17.5 Å². The molecule has 8 heteroatoms. The van der Waals surface area contributed by atoms with Gasteiger partial charge in [0.05, 0.1) is 12.8 Å². The quantitative estimate of drug-likeness (QED) is 0.769. The number of hydrogen-bond donors (Lipinski definition) is 2. The highest BCUT2D eigenvalue weighted by Crippen LogP contribution is 2.23. The smallest absolute Gasteiger partial charge is 0.324 e. The van der Waals surface area contributed by atoms with Crippen LogP contribution in [0, 0.1) is 6.92 Å². The number of methoxy groups -OCH3 is 1. The van der Waals surface area contributed by atoms with Crippen molar-refractivity contribution in [2.45, 2.75) is 6.92 Å². The van der Waals surface area contributed by atoms with Gasteiger partial charge < -0.3 is 10.1 Å². The van der Waals surface area contributed by atoms with Crippen LogP contribution in [0.3, 0.4) is 0 Å². The highest BCUT2D eigenvalue weighted by Gasteiger charge is 2.09. The van der Waals surface area contributed by atoms with E-state index in [2.05, 4.69) is 25.6 Å². The zero-order chi connectivity index (χ0) is 16.9. The number of carbonyl (C=O) groups excluding carboxylic acids is 1. The number of para-hydroxylation sites is 2. The fourth-order valence-corrected chi connectivity index (χ4v) is 2.19. The number of ether oxygens (including phenoxy) is 1. The summed E-state index contributed by atoms with van der Waals surface area (Å²) in [5.74, 6) is 2.36. The predicted octanol–water partition coefficient (Wildman–Crippen LogP) is 2.62. The molecule has 0 aliphatic heterocycles. The third-order valence-corrected chi connectivity index (χ3v) is 3.32. The third-order valence-electron chi connectivity index (χ3n) is 3.32. The van der Waals surface area contributed by atoms with Crippen LogP contribution in [0.4, 0.5) is 16.3 Å². The molecule has 0 atom stereocenters. The molecule has 3 aromatic rings. The van der Waals surface area contributed by atoms with Gasteiger partial charge in [-0.1, -0.05) is 12.1 Å². The predicted molar refractivity (Wildman–Crippen MR) is 89.5 cm³/mol. The number of nitrogens with one attached hydrogen (secondary N) is 2. The first-order valence-electron chi connectivity index (χ1n) is 7.21. The summed E-state index contributed by atoms with van der Waals surface area (Å²) in [6.45, 7) is 1.86. The van der Waals surface area contributed by atoms with Gasteiger partial charge in [0.15, 0.2) is 0 Å². The van der Waals surface area contributed by atoms with Crippen LogP contribution in [0.15, 0.2) is 49.1 Å². The maximum atomic E-state index is 12.2. The lowest BCUT2D eigenvalue weighted by Gasteiger charge is -2.11. The summed E-state index contributed by atoms with van der Waals surface area (Å²) < 4.78 is 7.00. The van der Waals surface area contributed by atoms with Crippen molar-refractivity contribution in [3.05, 3.63) is 54.9 Å². The van der Waals surface area contributed by atoms with Gasteiger partial charge in [0.1, 0.15) is 29.5 Å². The van der Waals surface area contributed by atoms with Gasteiger partial charge in [-0.2, -0.15) is 0 Å². The minimum absolute atomic E-state index is 0.375. The van der Waals surface area contributed by atoms with Crippen molar-refractivity contribution in [2.24, 2.45) is 0 Å². The van der Waals surface area contributed by atoms with Crippen LogP contribution in [0.25, 0.3) is 5.82 Å². The van der Waals surface area contributed by atoms with E-state index >= 15 is 0 Å². The number of hydrogen-bond acceptors (Lipinski definition) is 5. The van der Waals surface area contributed by atoms with Crippen LogP contribution in [-0.2, 0) is 0 Å². The molecule has 0 aliphatic carbocycles. The standard InChI is InChI=1S/C16H16N6O2/c1-11-17-7-8-22(11)15-9-14(18-10-19-15)21-16(23)20-12-5-3-4-6-13(12)24-2/h3-10H,1-2H3,(H2,18,19,20,21,23). The summed E-state index contributed by atoms with van der Waals surface area (Å²) in [6, 6.07) is 8.39. The van der Waals surface area contributed by atoms with E-state index in [9.17, 15) is 4.79 Å². The monoisotopic (exact) mass is 324 g/mol. The fraction of sp³-hybridized carbons (Fsp3) is 0.125. The number of aromatic nitrogens is 4. The largest absolute Gasteiger partial charge is 0.495 e. The number of imidazole rings is 1. The Morgan fingerprint density at radius 1 is 1.17 bits per heavy atom. The maximum Gasteiger partial charge on any atom is 0.324 e. The molecule has 0 radical (unpaired) electrons. The van der Waals surface area contributed by atoms with Crippen molar-refractivity contribution in [1.29, 1.82) is 0 Å². The lowest BCUT2D eigenvalue weighted by Crippen LogP contribution is -2.20. The first kappa shape index (κ1) is 15.5. The highest BCUT2D eigenvalue weighted by atomic mass is 16.5. The van der Waals surface area contributed by atoms with E-state index < -0.39 is 6.03 Å². The SMILES string of the molecule is COc1ccccc1NC(=O)Nc1cc(-n2ccnc2C)ncn1. The Balaban J connectivity index is 1.74. The second-order valence-corrected chi connectivity index (χ2v) is 4.89. The molecule has 0 saturated heterocycles. The van der Waals surface area contributed by atoms with Gasteiger partial charge in [-0.05, 0) is 19.1 Å². The number of aryl methyl sites for hydroxylation is 1. The zero-order valence-corrected chi connectivity index (χ0v) is 13.2. The number of amides is 2. The molecule has 0 bridgehead atoms. The average molecular weight is 324 g/mol. The minimum atomic E-state index is -0.425. The van der Waals surface area contributed by atoms with Gasteiger partial charge in [0, 0.05) is 18.5 Å². The molecule has 1 aromatic carbocycles. The van der Waals surface area contributed by atoms with Crippen LogP contribution in [0.2, 0.25) is 0 Å². The number of nitrogens with zero attached hydrogens (tertiary/aromatic N) is 4. The molecule has 2 aromatic heterocycles. The average Bonchev–Trinajstić information content (AvgIpc) is 3.01. The second-order valence-electron chi connectivity index (χ2n) is 4.89. The van der Waals surface area contributed by atoms with Crippen molar-refractivity contribution in [2.75, 3.05) is 17.7 Å². The molecular formula is C16H16N6O2. The molecule has 2 N–H and O–H groups in total. The van der Waals surface area contributed by atoms with E-state index in [-0.39, 0.29) is 0 Å². The zero-order valence-electron chi connectivity index (χ0n) is 13.2. The summed E-state index contributed by atoms with van der Waals surface area (Å²) in [6.07, 6.45) is 4.85. The molecular weight excluding hydrogens is 308 g/mol. The second kappa shape index (κ2) is 6.78.